The number of imide groups is 2. The van der Waals surface area contributed by atoms with E-state index in [4.69, 9.17) is 16.3 Å². The van der Waals surface area contributed by atoms with E-state index in [1.54, 1.807) is 24.3 Å². The molecule has 3 saturated heterocycles. The van der Waals surface area contributed by atoms with E-state index in [1.165, 1.54) is 6.20 Å². The van der Waals surface area contributed by atoms with Crippen LogP contribution >= 0.6 is 11.6 Å². The van der Waals surface area contributed by atoms with Gasteiger partial charge in [-0.25, -0.2) is 4.98 Å². The third kappa shape index (κ3) is 6.43. The molecule has 0 bridgehead atoms. The Morgan fingerprint density at radius 1 is 0.881 bits per heavy atom. The monoisotopic (exact) mass is 813 g/mol. The second-order valence-corrected chi connectivity index (χ2v) is 18.2. The molecule has 3 aromatic rings. The van der Waals surface area contributed by atoms with Crippen LogP contribution in [0.25, 0.3) is 0 Å². The van der Waals surface area contributed by atoms with Crippen molar-refractivity contribution in [2.75, 3.05) is 31.1 Å². The van der Waals surface area contributed by atoms with Crippen molar-refractivity contribution >= 4 is 47.0 Å². The third-order valence-corrected chi connectivity index (χ3v) is 13.6. The summed E-state index contributed by atoms with van der Waals surface area (Å²) in [6, 6.07) is 14.0. The zero-order chi connectivity index (χ0) is 41.5. The lowest BCUT2D eigenvalue weighted by Crippen LogP contribution is -2.74. The van der Waals surface area contributed by atoms with Crippen LogP contribution in [-0.4, -0.2) is 99.6 Å². The predicted octanol–water partition coefficient (Wildman–Crippen LogP) is 4.80. The number of nitrogens with zero attached hydrogens (tertiary/aromatic N) is 6. The first kappa shape index (κ1) is 38.7. The van der Waals surface area contributed by atoms with Crippen molar-refractivity contribution in [1.29, 1.82) is 5.26 Å². The van der Waals surface area contributed by atoms with E-state index in [-0.39, 0.29) is 58.8 Å². The van der Waals surface area contributed by atoms with Crippen molar-refractivity contribution in [1.82, 2.24) is 25.0 Å². The molecule has 9 rings (SSSR count). The summed E-state index contributed by atoms with van der Waals surface area (Å²) in [5, 5.41) is 11.8. The number of fused-ring (bicyclic) bond motifs is 2. The SMILES string of the molecule is CC1(C)C(Oc2ccc(C#N)c(Cl)c2)C(C)(C)C1N1Cc2cc(C#CC3CCN(C4CN(c5cc6c(cn5)C(=O)N(C5CCC(=O)NC5=O)C6=O)C4)CC3)ccc2C1=O. The molecule has 1 aromatic heterocycles. The number of hydrogen-bond acceptors (Lipinski definition) is 10. The molecule has 6 heterocycles. The van der Waals surface area contributed by atoms with Crippen molar-refractivity contribution < 1.29 is 28.7 Å². The van der Waals surface area contributed by atoms with Gasteiger partial charge >= 0.3 is 0 Å². The molecule has 59 heavy (non-hydrogen) atoms. The molecule has 14 heteroatoms. The Morgan fingerprint density at radius 2 is 1.61 bits per heavy atom. The number of hydrogen-bond donors (Lipinski definition) is 1. The smallest absolute Gasteiger partial charge is 0.263 e. The summed E-state index contributed by atoms with van der Waals surface area (Å²) in [5.74, 6) is 6.30. The largest absolute Gasteiger partial charge is 0.489 e. The highest BCUT2D eigenvalue weighted by atomic mass is 35.5. The zero-order valence-electron chi connectivity index (χ0n) is 33.4. The van der Waals surface area contributed by atoms with Crippen LogP contribution in [-0.2, 0) is 16.1 Å². The van der Waals surface area contributed by atoms with Crippen LogP contribution in [0.5, 0.6) is 5.75 Å². The summed E-state index contributed by atoms with van der Waals surface area (Å²) in [7, 11) is 0. The van der Waals surface area contributed by atoms with Gasteiger partial charge in [-0.05, 0) is 74.3 Å². The van der Waals surface area contributed by atoms with Crippen molar-refractivity contribution in [2.24, 2.45) is 16.7 Å². The number of rotatable bonds is 6. The molecule has 5 aliphatic heterocycles. The van der Waals surface area contributed by atoms with Crippen molar-refractivity contribution in [3.63, 3.8) is 0 Å². The van der Waals surface area contributed by atoms with Crippen LogP contribution in [0.15, 0.2) is 48.7 Å². The van der Waals surface area contributed by atoms with Crippen LogP contribution in [0, 0.1) is 39.9 Å². The van der Waals surface area contributed by atoms with Gasteiger partial charge in [0.15, 0.2) is 0 Å². The molecule has 13 nitrogen and oxygen atoms in total. The summed E-state index contributed by atoms with van der Waals surface area (Å²) < 4.78 is 6.47. The van der Waals surface area contributed by atoms with E-state index in [0.717, 1.165) is 60.6 Å². The average Bonchev–Trinajstić information content (AvgIpc) is 3.62. The van der Waals surface area contributed by atoms with Crippen LogP contribution in [0.4, 0.5) is 5.82 Å². The lowest BCUT2D eigenvalue weighted by molar-refractivity contribution is -0.199. The summed E-state index contributed by atoms with van der Waals surface area (Å²) in [4.78, 5) is 76.2. The number of nitriles is 1. The Balaban J connectivity index is 0.777. The number of ether oxygens (including phenoxy) is 1. The van der Waals surface area contributed by atoms with E-state index < -0.39 is 29.7 Å². The van der Waals surface area contributed by atoms with Gasteiger partial charge in [-0.1, -0.05) is 51.1 Å². The molecule has 4 fully saturated rings. The fourth-order valence-corrected chi connectivity index (χ4v) is 10.8. The number of anilines is 1. The number of nitrogens with one attached hydrogen (secondary N) is 1. The lowest BCUT2D eigenvalue weighted by atomic mass is 9.49. The molecule has 5 amide bonds. The topological polar surface area (TPSA) is 156 Å². The van der Waals surface area contributed by atoms with Gasteiger partial charge in [0.25, 0.3) is 17.7 Å². The van der Waals surface area contributed by atoms with Crippen molar-refractivity contribution in [3.8, 4) is 23.7 Å². The van der Waals surface area contributed by atoms with E-state index in [1.807, 2.05) is 17.0 Å². The standard InChI is InChI=1S/C45H44ClN7O6/c1-44(2)42(45(3,4)43(44)59-30-9-8-27(20-47)34(46)18-30)52-22-28-17-26(7-10-31(28)39(52)56)6-5-25-13-15-50(16-14-25)29-23-51(24-29)36-19-32-33(21-48-36)41(58)53(40(32)57)35-11-12-37(54)49-38(35)55/h7-10,17-19,21,25,29,35,42-43H,11-16,22-24H2,1-4H3,(H,49,54,55). The first-order chi connectivity index (χ1) is 28.1. The molecule has 6 aliphatic rings. The van der Waals surface area contributed by atoms with Crippen molar-refractivity contribution in [3.05, 3.63) is 87.1 Å². The molecule has 302 valence electrons. The van der Waals surface area contributed by atoms with Gasteiger partial charge in [-0.3, -0.25) is 39.1 Å². The van der Waals surface area contributed by atoms with Crippen LogP contribution in [0.2, 0.25) is 5.02 Å². The van der Waals surface area contributed by atoms with Gasteiger partial charge in [-0.15, -0.1) is 0 Å². The summed E-state index contributed by atoms with van der Waals surface area (Å²) >= 11 is 6.29. The maximum atomic E-state index is 13.8. The van der Waals surface area contributed by atoms with Gasteiger partial charge in [-0.2, -0.15) is 5.26 Å². The highest BCUT2D eigenvalue weighted by Gasteiger charge is 2.67. The summed E-state index contributed by atoms with van der Waals surface area (Å²) in [5.41, 5.74) is 2.73. The first-order valence-electron chi connectivity index (χ1n) is 20.2. The Bertz CT molecular complexity index is 2440. The fourth-order valence-electron chi connectivity index (χ4n) is 10.6. The fraction of sp³-hybridized carbons (Fsp3) is 0.444. The van der Waals surface area contributed by atoms with E-state index in [0.29, 0.717) is 34.7 Å². The van der Waals surface area contributed by atoms with Gasteiger partial charge in [0.2, 0.25) is 11.8 Å². The quantitative estimate of drug-likeness (QED) is 0.271. The highest BCUT2D eigenvalue weighted by Crippen LogP contribution is 2.59. The van der Waals surface area contributed by atoms with Crippen LogP contribution < -0.4 is 15.0 Å². The van der Waals surface area contributed by atoms with E-state index in [2.05, 4.69) is 71.8 Å². The predicted molar refractivity (Wildman–Crippen MR) is 216 cm³/mol. The molecule has 2 aromatic carbocycles. The number of carbonyl (C=O) groups is 5. The number of amides is 5. The molecule has 0 radical (unpaired) electrons. The minimum absolute atomic E-state index is 0.0272. The lowest BCUT2D eigenvalue weighted by Gasteiger charge is -2.65. The average molecular weight is 814 g/mol. The number of pyridine rings is 1. The van der Waals surface area contributed by atoms with E-state index in [9.17, 15) is 29.2 Å². The van der Waals surface area contributed by atoms with Crippen molar-refractivity contribution in [2.45, 2.75) is 84.2 Å². The zero-order valence-corrected chi connectivity index (χ0v) is 34.1. The molecule has 1 unspecified atom stereocenters. The molecule has 1 atom stereocenters. The first-order valence-corrected chi connectivity index (χ1v) is 20.6. The second kappa shape index (κ2) is 14.2. The number of likely N-dealkylation sites (tertiary alicyclic amines) is 1. The van der Waals surface area contributed by atoms with Gasteiger partial charge in [0, 0.05) is 78.3 Å². The minimum Gasteiger partial charge on any atom is -0.489 e. The molecule has 1 aliphatic carbocycles. The molecule has 1 N–H and O–H groups in total. The minimum atomic E-state index is -1.01. The summed E-state index contributed by atoms with van der Waals surface area (Å²) in [6.45, 7) is 12.4. The number of piperidine rings is 2. The Labute approximate surface area is 347 Å². The summed E-state index contributed by atoms with van der Waals surface area (Å²) in [6.07, 6.45) is 3.32. The Hall–Kier alpha value is -5.76. The van der Waals surface area contributed by atoms with Gasteiger partial charge in [0.05, 0.1) is 21.7 Å². The molecule has 1 saturated carbocycles. The number of carbonyl (C=O) groups excluding carboxylic acids is 5. The van der Waals surface area contributed by atoms with Gasteiger partial charge < -0.3 is 14.5 Å². The third-order valence-electron chi connectivity index (χ3n) is 13.3. The number of aromatic nitrogens is 1. The number of halogens is 1. The molecular weight excluding hydrogens is 770 g/mol. The normalized spacial score (nSPS) is 25.1. The highest BCUT2D eigenvalue weighted by molar-refractivity contribution is 6.31. The van der Waals surface area contributed by atoms with E-state index >= 15 is 0 Å². The Morgan fingerprint density at radius 3 is 2.31 bits per heavy atom. The maximum Gasteiger partial charge on any atom is 0.263 e. The number of benzene rings is 2. The van der Waals surface area contributed by atoms with Gasteiger partial charge in [0.1, 0.15) is 29.8 Å². The molecule has 0 spiro atoms. The Kier molecular flexibility index (Phi) is 9.33. The van der Waals surface area contributed by atoms with Crippen LogP contribution in [0.3, 0.4) is 0 Å². The maximum absolute atomic E-state index is 13.8. The van der Waals surface area contributed by atoms with Crippen LogP contribution in [0.1, 0.15) is 101 Å². The second-order valence-electron chi connectivity index (χ2n) is 17.8. The molecular formula is C45H44ClN7O6.